The highest BCUT2D eigenvalue weighted by atomic mass is 16.5. The van der Waals surface area contributed by atoms with E-state index in [0.717, 1.165) is 67.4 Å². The molecule has 0 spiro atoms. The lowest BCUT2D eigenvalue weighted by molar-refractivity contribution is 0.483. The Hall–Kier alpha value is -6.26. The SMILES string of the molecule is c1ccc(-n2c3ccccc3c3ccc(Oc4cccc(C5=Nc6ccccc6-c6ccccc6-c6ccccc65)c4)cc32)nc1. The molecule has 0 atom stereocenters. The summed E-state index contributed by atoms with van der Waals surface area (Å²) in [5.41, 5.74) is 10.7. The van der Waals surface area contributed by atoms with Gasteiger partial charge in [0.2, 0.25) is 0 Å². The molecule has 0 fully saturated rings. The molecule has 2 aromatic heterocycles. The minimum absolute atomic E-state index is 0.744. The van der Waals surface area contributed by atoms with Crippen molar-refractivity contribution in [3.8, 4) is 39.6 Å². The molecule has 1 aliphatic heterocycles. The van der Waals surface area contributed by atoms with Crippen LogP contribution in [0.1, 0.15) is 11.1 Å². The van der Waals surface area contributed by atoms with Crippen LogP contribution in [0.5, 0.6) is 11.5 Å². The Kier molecular flexibility index (Phi) is 6.10. The van der Waals surface area contributed by atoms with E-state index in [1.54, 1.807) is 0 Å². The van der Waals surface area contributed by atoms with Gasteiger partial charge in [0.15, 0.2) is 0 Å². The van der Waals surface area contributed by atoms with Crippen molar-refractivity contribution in [1.29, 1.82) is 0 Å². The van der Waals surface area contributed by atoms with Gasteiger partial charge in [0, 0.05) is 39.7 Å². The molecular weight excluding hydrogens is 562 g/mol. The van der Waals surface area contributed by atoms with Crippen molar-refractivity contribution in [2.75, 3.05) is 0 Å². The molecule has 8 aromatic rings. The number of para-hydroxylation sites is 2. The summed E-state index contributed by atoms with van der Waals surface area (Å²) in [7, 11) is 0. The number of rotatable bonds is 4. The molecule has 1 aliphatic rings. The fourth-order valence-electron chi connectivity index (χ4n) is 6.67. The van der Waals surface area contributed by atoms with Crippen LogP contribution < -0.4 is 4.74 Å². The van der Waals surface area contributed by atoms with Gasteiger partial charge in [-0.3, -0.25) is 4.57 Å². The minimum atomic E-state index is 0.744. The van der Waals surface area contributed by atoms with E-state index in [4.69, 9.17) is 9.73 Å². The standard InChI is InChI=1S/C42H27N3O/c1-2-15-32-31(14-1)33-16-3-4-19-37(33)42(44-38-20-7-5-17-34(32)38)28-12-11-13-29(26-28)46-30-23-24-36-35-18-6-8-21-39(35)45(40(36)27-30)41-22-9-10-25-43-41/h1-27H. The molecule has 0 saturated heterocycles. The van der Waals surface area contributed by atoms with Crippen molar-refractivity contribution in [3.05, 3.63) is 175 Å². The van der Waals surface area contributed by atoms with E-state index >= 15 is 0 Å². The normalized spacial score (nSPS) is 12.0. The maximum Gasteiger partial charge on any atom is 0.137 e. The Bertz CT molecular complexity index is 2460. The van der Waals surface area contributed by atoms with Crippen molar-refractivity contribution < 1.29 is 4.74 Å². The van der Waals surface area contributed by atoms with Gasteiger partial charge in [0.05, 0.1) is 22.4 Å². The van der Waals surface area contributed by atoms with Crippen LogP contribution in [0.4, 0.5) is 5.69 Å². The van der Waals surface area contributed by atoms with Crippen molar-refractivity contribution >= 4 is 33.2 Å². The summed E-state index contributed by atoms with van der Waals surface area (Å²) in [6.45, 7) is 0. The van der Waals surface area contributed by atoms with Gasteiger partial charge in [-0.05, 0) is 65.2 Å². The van der Waals surface area contributed by atoms with Gasteiger partial charge in [0.1, 0.15) is 17.3 Å². The Morgan fingerprint density at radius 3 is 1.93 bits per heavy atom. The molecule has 0 unspecified atom stereocenters. The molecule has 0 saturated carbocycles. The maximum absolute atomic E-state index is 6.59. The summed E-state index contributed by atoms with van der Waals surface area (Å²) < 4.78 is 8.78. The second kappa shape index (κ2) is 10.7. The van der Waals surface area contributed by atoms with E-state index in [1.165, 1.54) is 16.5 Å². The number of nitrogens with zero attached hydrogens (tertiary/aromatic N) is 3. The van der Waals surface area contributed by atoms with Crippen LogP contribution in [0.25, 0.3) is 49.9 Å². The predicted octanol–water partition coefficient (Wildman–Crippen LogP) is 10.8. The van der Waals surface area contributed by atoms with Crippen molar-refractivity contribution in [2.24, 2.45) is 4.99 Å². The molecule has 6 aromatic carbocycles. The monoisotopic (exact) mass is 589 g/mol. The average molecular weight is 590 g/mol. The van der Waals surface area contributed by atoms with Crippen LogP contribution >= 0.6 is 0 Å². The van der Waals surface area contributed by atoms with E-state index in [2.05, 4.69) is 131 Å². The first-order chi connectivity index (χ1) is 22.8. The van der Waals surface area contributed by atoms with Crippen LogP contribution in [0.15, 0.2) is 169 Å². The lowest BCUT2D eigenvalue weighted by Crippen LogP contribution is -2.07. The lowest BCUT2D eigenvalue weighted by Gasteiger charge is -2.20. The predicted molar refractivity (Wildman–Crippen MR) is 188 cm³/mol. The van der Waals surface area contributed by atoms with Gasteiger partial charge in [-0.1, -0.05) is 103 Å². The van der Waals surface area contributed by atoms with Gasteiger partial charge in [-0.15, -0.1) is 0 Å². The summed E-state index contributed by atoms with van der Waals surface area (Å²) in [5, 5.41) is 2.33. The molecule has 0 radical (unpaired) electrons. The summed E-state index contributed by atoms with van der Waals surface area (Å²) in [6, 6.07) is 54.5. The van der Waals surface area contributed by atoms with E-state index < -0.39 is 0 Å². The third kappa shape index (κ3) is 4.31. The summed E-state index contributed by atoms with van der Waals surface area (Å²) in [4.78, 5) is 9.99. The van der Waals surface area contributed by atoms with Crippen LogP contribution in [-0.4, -0.2) is 15.3 Å². The van der Waals surface area contributed by atoms with Gasteiger partial charge in [0.25, 0.3) is 0 Å². The third-order valence-electron chi connectivity index (χ3n) is 8.69. The fourth-order valence-corrected chi connectivity index (χ4v) is 6.67. The second-order valence-corrected chi connectivity index (χ2v) is 11.4. The first-order valence-corrected chi connectivity index (χ1v) is 15.4. The molecule has 46 heavy (non-hydrogen) atoms. The van der Waals surface area contributed by atoms with Crippen LogP contribution in [0, 0.1) is 0 Å². The zero-order valence-corrected chi connectivity index (χ0v) is 24.8. The molecule has 4 nitrogen and oxygen atoms in total. The summed E-state index contributed by atoms with van der Waals surface area (Å²) in [6.07, 6.45) is 1.83. The highest BCUT2D eigenvalue weighted by molar-refractivity contribution is 6.19. The Balaban J connectivity index is 1.17. The maximum atomic E-state index is 6.59. The molecule has 0 aliphatic carbocycles. The van der Waals surface area contributed by atoms with E-state index in [9.17, 15) is 0 Å². The number of hydrogen-bond donors (Lipinski definition) is 0. The lowest BCUT2D eigenvalue weighted by atomic mass is 9.87. The van der Waals surface area contributed by atoms with E-state index in [0.29, 0.717) is 0 Å². The molecule has 216 valence electrons. The number of ether oxygens (including phenoxy) is 1. The molecule has 4 heteroatoms. The molecule has 3 heterocycles. The summed E-state index contributed by atoms with van der Waals surface area (Å²) >= 11 is 0. The zero-order valence-electron chi connectivity index (χ0n) is 24.8. The first-order valence-electron chi connectivity index (χ1n) is 15.4. The Labute approximate surface area is 266 Å². The first kappa shape index (κ1) is 26.2. The van der Waals surface area contributed by atoms with Crippen LogP contribution in [0.2, 0.25) is 0 Å². The zero-order chi connectivity index (χ0) is 30.5. The van der Waals surface area contributed by atoms with Gasteiger partial charge in [-0.2, -0.15) is 0 Å². The third-order valence-corrected chi connectivity index (χ3v) is 8.69. The Morgan fingerprint density at radius 1 is 0.457 bits per heavy atom. The molecule has 0 amide bonds. The molecular formula is C42H27N3O. The number of fused-ring (bicyclic) bond motifs is 8. The number of aliphatic imine (C=N–C) groups is 1. The van der Waals surface area contributed by atoms with Crippen molar-refractivity contribution in [3.63, 3.8) is 0 Å². The quantitative estimate of drug-likeness (QED) is 0.205. The highest BCUT2D eigenvalue weighted by Gasteiger charge is 2.21. The van der Waals surface area contributed by atoms with Crippen molar-refractivity contribution in [2.45, 2.75) is 0 Å². The minimum Gasteiger partial charge on any atom is -0.457 e. The summed E-state index contributed by atoms with van der Waals surface area (Å²) in [5.74, 6) is 2.37. The average Bonchev–Trinajstić information content (AvgIpc) is 3.44. The number of hydrogen-bond acceptors (Lipinski definition) is 3. The van der Waals surface area contributed by atoms with E-state index in [-0.39, 0.29) is 0 Å². The fraction of sp³-hybridized carbons (Fsp3) is 0. The smallest absolute Gasteiger partial charge is 0.137 e. The molecule has 0 bridgehead atoms. The Morgan fingerprint density at radius 2 is 1.11 bits per heavy atom. The topological polar surface area (TPSA) is 39.4 Å². The molecule has 9 rings (SSSR count). The number of aromatic nitrogens is 2. The number of benzene rings is 6. The van der Waals surface area contributed by atoms with Crippen LogP contribution in [-0.2, 0) is 0 Å². The highest BCUT2D eigenvalue weighted by Crippen LogP contribution is 2.42. The largest absolute Gasteiger partial charge is 0.457 e. The van der Waals surface area contributed by atoms with Crippen LogP contribution in [0.3, 0.4) is 0 Å². The second-order valence-electron chi connectivity index (χ2n) is 11.4. The number of pyridine rings is 1. The molecule has 0 N–H and O–H groups in total. The van der Waals surface area contributed by atoms with E-state index in [1.807, 2.05) is 42.6 Å². The van der Waals surface area contributed by atoms with Gasteiger partial charge in [-0.25, -0.2) is 9.98 Å². The van der Waals surface area contributed by atoms with Crippen molar-refractivity contribution in [1.82, 2.24) is 9.55 Å². The van der Waals surface area contributed by atoms with Gasteiger partial charge >= 0.3 is 0 Å². The van der Waals surface area contributed by atoms with Gasteiger partial charge < -0.3 is 4.74 Å².